The molecular formula is C52H88O6. The van der Waals surface area contributed by atoms with Crippen molar-refractivity contribution in [3.05, 3.63) is 72.9 Å². The molecule has 0 aromatic rings. The van der Waals surface area contributed by atoms with Gasteiger partial charge in [0.15, 0.2) is 6.10 Å². The van der Waals surface area contributed by atoms with Crippen molar-refractivity contribution in [1.29, 1.82) is 0 Å². The lowest BCUT2D eigenvalue weighted by molar-refractivity contribution is -0.167. The molecule has 0 saturated heterocycles. The molecule has 58 heavy (non-hydrogen) atoms. The Morgan fingerprint density at radius 2 is 0.724 bits per heavy atom. The molecule has 6 nitrogen and oxygen atoms in total. The molecule has 0 aromatic carbocycles. The number of unbranched alkanes of at least 4 members (excludes halogenated alkanes) is 21. The molecular weight excluding hydrogens is 721 g/mol. The van der Waals surface area contributed by atoms with E-state index in [2.05, 4.69) is 93.7 Å². The molecule has 0 heterocycles. The Morgan fingerprint density at radius 3 is 1.22 bits per heavy atom. The molecule has 0 spiro atoms. The predicted molar refractivity (Wildman–Crippen MR) is 247 cm³/mol. The average molecular weight is 809 g/mol. The third kappa shape index (κ3) is 44.0. The molecule has 0 bridgehead atoms. The van der Waals surface area contributed by atoms with Gasteiger partial charge in [-0.15, -0.1) is 0 Å². The molecule has 0 N–H and O–H groups in total. The maximum absolute atomic E-state index is 12.7. The van der Waals surface area contributed by atoms with Crippen LogP contribution in [-0.4, -0.2) is 37.2 Å². The van der Waals surface area contributed by atoms with E-state index in [1.807, 2.05) is 0 Å². The highest BCUT2D eigenvalue weighted by Gasteiger charge is 2.19. The van der Waals surface area contributed by atoms with E-state index < -0.39 is 6.10 Å². The number of hydrogen-bond acceptors (Lipinski definition) is 6. The van der Waals surface area contributed by atoms with Gasteiger partial charge in [0.05, 0.1) is 0 Å². The Morgan fingerprint density at radius 1 is 0.379 bits per heavy atom. The van der Waals surface area contributed by atoms with Crippen LogP contribution in [0.1, 0.15) is 220 Å². The summed E-state index contributed by atoms with van der Waals surface area (Å²) in [4.78, 5) is 37.7. The molecule has 0 rings (SSSR count). The summed E-state index contributed by atoms with van der Waals surface area (Å²) in [5, 5.41) is 0. The highest BCUT2D eigenvalue weighted by atomic mass is 16.6. The highest BCUT2D eigenvalue weighted by Crippen LogP contribution is 2.13. The van der Waals surface area contributed by atoms with Gasteiger partial charge in [-0.2, -0.15) is 0 Å². The van der Waals surface area contributed by atoms with E-state index in [4.69, 9.17) is 14.2 Å². The number of allylic oxidation sites excluding steroid dienone is 12. The van der Waals surface area contributed by atoms with Gasteiger partial charge in [0.1, 0.15) is 13.2 Å². The monoisotopic (exact) mass is 809 g/mol. The van der Waals surface area contributed by atoms with Crippen molar-refractivity contribution in [3.63, 3.8) is 0 Å². The van der Waals surface area contributed by atoms with Crippen molar-refractivity contribution < 1.29 is 28.6 Å². The van der Waals surface area contributed by atoms with E-state index >= 15 is 0 Å². The number of carbonyl (C=O) groups excluding carboxylic acids is 3. The first-order chi connectivity index (χ1) is 28.5. The summed E-state index contributed by atoms with van der Waals surface area (Å²) in [6.07, 6.45) is 57.5. The lowest BCUT2D eigenvalue weighted by Gasteiger charge is -2.18. The second-order valence-electron chi connectivity index (χ2n) is 15.7. The Hall–Kier alpha value is -3.15. The van der Waals surface area contributed by atoms with Gasteiger partial charge in [0, 0.05) is 19.3 Å². The van der Waals surface area contributed by atoms with Crippen LogP contribution in [0.2, 0.25) is 0 Å². The molecule has 0 aliphatic rings. The zero-order valence-electron chi connectivity index (χ0n) is 37.8. The van der Waals surface area contributed by atoms with Crippen molar-refractivity contribution in [2.24, 2.45) is 0 Å². The fourth-order valence-corrected chi connectivity index (χ4v) is 6.34. The topological polar surface area (TPSA) is 78.9 Å². The van der Waals surface area contributed by atoms with Crippen LogP contribution in [0.15, 0.2) is 72.9 Å². The maximum atomic E-state index is 12.7. The van der Waals surface area contributed by atoms with Crippen molar-refractivity contribution >= 4 is 17.9 Å². The van der Waals surface area contributed by atoms with Crippen LogP contribution in [0.25, 0.3) is 0 Å². The van der Waals surface area contributed by atoms with Crippen LogP contribution >= 0.6 is 0 Å². The molecule has 1 atom stereocenters. The van der Waals surface area contributed by atoms with Crippen molar-refractivity contribution in [1.82, 2.24) is 0 Å². The zero-order valence-corrected chi connectivity index (χ0v) is 37.8. The van der Waals surface area contributed by atoms with Crippen LogP contribution in [0.5, 0.6) is 0 Å². The van der Waals surface area contributed by atoms with Crippen molar-refractivity contribution in [2.75, 3.05) is 13.2 Å². The Labute approximate surface area is 357 Å². The van der Waals surface area contributed by atoms with E-state index in [0.29, 0.717) is 19.3 Å². The highest BCUT2D eigenvalue weighted by molar-refractivity contribution is 5.71. The number of hydrogen-bond donors (Lipinski definition) is 0. The zero-order chi connectivity index (χ0) is 42.3. The molecule has 6 heteroatoms. The van der Waals surface area contributed by atoms with Crippen LogP contribution in [0, 0.1) is 0 Å². The van der Waals surface area contributed by atoms with Crippen LogP contribution in [0.4, 0.5) is 0 Å². The second-order valence-corrected chi connectivity index (χ2v) is 15.7. The summed E-state index contributed by atoms with van der Waals surface area (Å²) < 4.78 is 16.7. The van der Waals surface area contributed by atoms with Gasteiger partial charge in [-0.1, -0.05) is 177 Å². The number of ether oxygens (including phenoxy) is 3. The molecule has 1 unspecified atom stereocenters. The van der Waals surface area contributed by atoms with Gasteiger partial charge >= 0.3 is 17.9 Å². The van der Waals surface area contributed by atoms with E-state index in [1.54, 1.807) is 0 Å². The minimum Gasteiger partial charge on any atom is -0.462 e. The Bertz CT molecular complexity index is 1110. The van der Waals surface area contributed by atoms with Crippen LogP contribution in [-0.2, 0) is 28.6 Å². The maximum Gasteiger partial charge on any atom is 0.306 e. The van der Waals surface area contributed by atoms with Gasteiger partial charge in [0.25, 0.3) is 0 Å². The minimum atomic E-state index is -0.803. The number of rotatable bonds is 42. The SMILES string of the molecule is CC/C=C\C/C=C\CCCCC(=O)OCC(COC(=O)CCCCC/C=C\C=C/CCCCCCCCC)OC(=O)CCCCCCCC/C=C\C=C/CCCCC. The van der Waals surface area contributed by atoms with Gasteiger partial charge in [-0.3, -0.25) is 14.4 Å². The smallest absolute Gasteiger partial charge is 0.306 e. The molecule has 0 aliphatic carbocycles. The van der Waals surface area contributed by atoms with Crippen LogP contribution in [0.3, 0.4) is 0 Å². The summed E-state index contributed by atoms with van der Waals surface area (Å²) >= 11 is 0. The molecule has 0 aliphatic heterocycles. The average Bonchev–Trinajstić information content (AvgIpc) is 3.22. The lowest BCUT2D eigenvalue weighted by Crippen LogP contribution is -2.30. The predicted octanol–water partition coefficient (Wildman–Crippen LogP) is 15.5. The summed E-state index contributed by atoms with van der Waals surface area (Å²) in [6.45, 7) is 6.40. The van der Waals surface area contributed by atoms with E-state index in [0.717, 1.165) is 96.3 Å². The first kappa shape index (κ1) is 54.9. The van der Waals surface area contributed by atoms with Crippen molar-refractivity contribution in [2.45, 2.75) is 226 Å². The second kappa shape index (κ2) is 46.5. The van der Waals surface area contributed by atoms with Gasteiger partial charge in [-0.05, 0) is 96.3 Å². The molecule has 0 amide bonds. The van der Waals surface area contributed by atoms with Crippen molar-refractivity contribution in [3.8, 4) is 0 Å². The van der Waals surface area contributed by atoms with Crippen LogP contribution < -0.4 is 0 Å². The molecule has 0 fully saturated rings. The Kier molecular flexibility index (Phi) is 44.0. The van der Waals surface area contributed by atoms with E-state index in [-0.39, 0.29) is 31.1 Å². The summed E-state index contributed by atoms with van der Waals surface area (Å²) in [5.41, 5.74) is 0. The van der Waals surface area contributed by atoms with Gasteiger partial charge < -0.3 is 14.2 Å². The summed E-state index contributed by atoms with van der Waals surface area (Å²) in [5.74, 6) is -0.982. The quantitative estimate of drug-likeness (QED) is 0.0201. The molecule has 332 valence electrons. The third-order valence-corrected chi connectivity index (χ3v) is 9.97. The first-order valence-electron chi connectivity index (χ1n) is 24.0. The minimum absolute atomic E-state index is 0.105. The molecule has 0 saturated carbocycles. The van der Waals surface area contributed by atoms with Gasteiger partial charge in [0.2, 0.25) is 0 Å². The third-order valence-electron chi connectivity index (χ3n) is 9.97. The largest absolute Gasteiger partial charge is 0.462 e. The lowest BCUT2D eigenvalue weighted by atomic mass is 10.1. The fourth-order valence-electron chi connectivity index (χ4n) is 6.34. The summed E-state index contributed by atoms with van der Waals surface area (Å²) in [7, 11) is 0. The van der Waals surface area contributed by atoms with E-state index in [1.165, 1.54) is 83.5 Å². The summed E-state index contributed by atoms with van der Waals surface area (Å²) in [6, 6.07) is 0. The van der Waals surface area contributed by atoms with Gasteiger partial charge in [-0.25, -0.2) is 0 Å². The number of esters is 3. The first-order valence-corrected chi connectivity index (χ1v) is 24.0. The Balaban J connectivity index is 4.44. The molecule has 0 radical (unpaired) electrons. The molecule has 0 aromatic heterocycles. The van der Waals surface area contributed by atoms with E-state index in [9.17, 15) is 14.4 Å². The fraction of sp³-hybridized carbons (Fsp3) is 0.712. The standard InChI is InChI=1S/C52H88O6/c1-4-7-10-13-16-19-21-23-25-27-28-30-33-36-39-42-45-51(54)57-48-49(47-56-50(53)44-41-38-35-32-18-15-12-9-6-3)58-52(55)46-43-40-37-34-31-29-26-24-22-20-17-14-11-8-5-2/h9,12,17-18,20,22,24-25,27-28,30,32,49H,4-8,10-11,13-16,19,21,23,26,29,31,33-48H2,1-3H3/b12-9-,20-17-,24-22-,27-25-,30-28-,32-18-. The normalized spacial score (nSPS) is 12.7. The number of carbonyl (C=O) groups is 3.